The Morgan fingerprint density at radius 2 is 1.96 bits per heavy atom. The summed E-state index contributed by atoms with van der Waals surface area (Å²) in [5.41, 5.74) is 7.21. The van der Waals surface area contributed by atoms with Crippen molar-refractivity contribution in [3.05, 3.63) is 53.9 Å². The number of nitrogens with two attached hydrogens (primary N) is 1. The zero-order chi connectivity index (χ0) is 16.8. The fourth-order valence-electron chi connectivity index (χ4n) is 2.29. The zero-order valence-corrected chi connectivity index (χ0v) is 12.4. The van der Waals surface area contributed by atoms with Crippen molar-refractivity contribution in [2.24, 2.45) is 11.7 Å². The van der Waals surface area contributed by atoms with Gasteiger partial charge in [0.25, 0.3) is 0 Å². The number of carboxylic acids is 1. The molecule has 0 aliphatic heterocycles. The van der Waals surface area contributed by atoms with Crippen molar-refractivity contribution in [3.63, 3.8) is 0 Å². The van der Waals surface area contributed by atoms with E-state index in [4.69, 9.17) is 5.73 Å². The number of nitrogens with zero attached hydrogens (tertiary/aromatic N) is 1. The predicted octanol–water partition coefficient (Wildman–Crippen LogP) is 1.32. The molecule has 0 saturated carbocycles. The average molecular weight is 319 g/mol. The molecule has 7 heteroatoms. The number of hydrogen-bond donors (Lipinski definition) is 3. The highest BCUT2D eigenvalue weighted by atomic mass is 19.1. The van der Waals surface area contributed by atoms with Crippen LogP contribution in [-0.2, 0) is 22.4 Å². The van der Waals surface area contributed by atoms with Crippen molar-refractivity contribution in [1.29, 1.82) is 0 Å². The highest BCUT2D eigenvalue weighted by Crippen LogP contribution is 2.15. The Hall–Kier alpha value is -2.54. The molecule has 0 saturated heterocycles. The third-order valence-corrected chi connectivity index (χ3v) is 3.60. The van der Waals surface area contributed by atoms with Crippen LogP contribution >= 0.6 is 0 Å². The number of aliphatic carboxylic acids is 1. The van der Waals surface area contributed by atoms with Gasteiger partial charge >= 0.3 is 5.97 Å². The lowest BCUT2D eigenvalue weighted by Crippen LogP contribution is -2.35. The summed E-state index contributed by atoms with van der Waals surface area (Å²) in [7, 11) is 0. The maximum absolute atomic E-state index is 12.9. The van der Waals surface area contributed by atoms with Gasteiger partial charge in [0, 0.05) is 24.7 Å². The van der Waals surface area contributed by atoms with Crippen LogP contribution in [0.25, 0.3) is 0 Å². The third kappa shape index (κ3) is 5.00. The summed E-state index contributed by atoms with van der Waals surface area (Å²) in [5, 5.41) is 9.29. The van der Waals surface area contributed by atoms with Crippen molar-refractivity contribution in [2.45, 2.75) is 25.3 Å². The van der Waals surface area contributed by atoms with E-state index in [1.54, 1.807) is 6.20 Å². The van der Waals surface area contributed by atoms with Crippen LogP contribution in [-0.4, -0.2) is 32.9 Å². The number of H-pyrrole nitrogens is 1. The van der Waals surface area contributed by atoms with Crippen molar-refractivity contribution >= 4 is 11.8 Å². The van der Waals surface area contributed by atoms with Crippen molar-refractivity contribution in [3.8, 4) is 0 Å². The first-order valence-electron chi connectivity index (χ1n) is 7.18. The van der Waals surface area contributed by atoms with E-state index in [2.05, 4.69) is 9.97 Å². The Balaban J connectivity index is 1.96. The van der Waals surface area contributed by atoms with E-state index in [1.165, 1.54) is 30.6 Å². The molecule has 0 spiro atoms. The largest absolute Gasteiger partial charge is 0.481 e. The van der Waals surface area contributed by atoms with Gasteiger partial charge < -0.3 is 15.8 Å². The molecule has 0 bridgehead atoms. The fraction of sp³-hybridized carbons (Fsp3) is 0.312. The lowest BCUT2D eigenvalue weighted by Gasteiger charge is -2.15. The molecule has 0 aliphatic rings. The topological polar surface area (TPSA) is 109 Å². The zero-order valence-electron chi connectivity index (χ0n) is 12.4. The van der Waals surface area contributed by atoms with Crippen molar-refractivity contribution in [1.82, 2.24) is 9.97 Å². The minimum atomic E-state index is -1.07. The number of carbonyl (C=O) groups is 2. The number of nitrogens with one attached hydrogen (secondary N) is 1. The molecule has 2 rings (SSSR count). The van der Waals surface area contributed by atoms with E-state index in [-0.39, 0.29) is 25.0 Å². The second-order valence-corrected chi connectivity index (χ2v) is 5.42. The van der Waals surface area contributed by atoms with Crippen LogP contribution in [0.1, 0.15) is 17.7 Å². The Bertz CT molecular complexity index is 656. The number of Topliss-reactive ketones (excluding diaryl/α,β-unsaturated/α-hetero) is 1. The normalized spacial score (nSPS) is 13.5. The molecule has 0 amide bonds. The van der Waals surface area contributed by atoms with Crippen LogP contribution in [0.15, 0.2) is 36.8 Å². The lowest BCUT2D eigenvalue weighted by atomic mass is 9.91. The summed E-state index contributed by atoms with van der Waals surface area (Å²) in [6, 6.07) is 4.77. The van der Waals surface area contributed by atoms with E-state index >= 15 is 0 Å². The fourth-order valence-corrected chi connectivity index (χ4v) is 2.29. The summed E-state index contributed by atoms with van der Waals surface area (Å²) in [6.07, 6.45) is 3.32. The highest BCUT2D eigenvalue weighted by Gasteiger charge is 2.25. The minimum Gasteiger partial charge on any atom is -0.481 e. The first-order valence-corrected chi connectivity index (χ1v) is 7.18. The molecular formula is C16H18FN3O3. The number of aromatic nitrogens is 2. The van der Waals surface area contributed by atoms with Gasteiger partial charge in [0.1, 0.15) is 5.82 Å². The smallest absolute Gasteiger partial charge is 0.307 e. The molecule has 4 N–H and O–H groups in total. The molecule has 1 heterocycles. The molecular weight excluding hydrogens is 301 g/mol. The number of rotatable bonds is 8. The van der Waals surface area contributed by atoms with Gasteiger partial charge in [0.05, 0.1) is 18.3 Å². The summed E-state index contributed by atoms with van der Waals surface area (Å²) in [4.78, 5) is 30.2. The summed E-state index contributed by atoms with van der Waals surface area (Å²) < 4.78 is 12.9. The molecule has 0 fully saturated rings. The van der Waals surface area contributed by atoms with Gasteiger partial charge in [-0.1, -0.05) is 12.1 Å². The maximum Gasteiger partial charge on any atom is 0.307 e. The molecule has 2 atom stereocenters. The van der Waals surface area contributed by atoms with Gasteiger partial charge in [0.2, 0.25) is 0 Å². The molecule has 1 aromatic heterocycles. The van der Waals surface area contributed by atoms with Crippen LogP contribution in [0.2, 0.25) is 0 Å². The van der Waals surface area contributed by atoms with E-state index in [1.807, 2.05) is 0 Å². The number of carbonyl (C=O) groups excluding carboxylic acids is 1. The monoisotopic (exact) mass is 319 g/mol. The minimum absolute atomic E-state index is 0.151. The third-order valence-electron chi connectivity index (χ3n) is 3.60. The van der Waals surface area contributed by atoms with Crippen LogP contribution < -0.4 is 5.73 Å². The van der Waals surface area contributed by atoms with Gasteiger partial charge in [-0.2, -0.15) is 0 Å². The van der Waals surface area contributed by atoms with E-state index in [9.17, 15) is 19.1 Å². The van der Waals surface area contributed by atoms with Crippen LogP contribution in [0.4, 0.5) is 4.39 Å². The molecule has 0 radical (unpaired) electrons. The van der Waals surface area contributed by atoms with Crippen molar-refractivity contribution in [2.75, 3.05) is 0 Å². The first kappa shape index (κ1) is 16.8. The second kappa shape index (κ2) is 7.64. The van der Waals surface area contributed by atoms with E-state index < -0.39 is 23.7 Å². The van der Waals surface area contributed by atoms with Crippen LogP contribution in [0, 0.1) is 11.7 Å². The first-order chi connectivity index (χ1) is 11.0. The standard InChI is InChI=1S/C16H18FN3O3/c17-12-3-1-10(2-4-12)5-11(16(22)23)6-15(21)14(18)7-13-8-19-9-20-13/h1-4,8-9,11,14H,5-7,18H2,(H,19,20)(H,22,23)/t11?,14-/m0/s1. The lowest BCUT2D eigenvalue weighted by molar-refractivity contribution is -0.143. The molecule has 0 aliphatic carbocycles. The number of benzene rings is 1. The SMILES string of the molecule is N[C@@H](Cc1cnc[nH]1)C(=O)CC(Cc1ccc(F)cc1)C(=O)O. The average Bonchev–Trinajstić information content (AvgIpc) is 3.01. The van der Waals surface area contributed by atoms with Gasteiger partial charge in [0.15, 0.2) is 5.78 Å². The molecule has 122 valence electrons. The molecule has 6 nitrogen and oxygen atoms in total. The Morgan fingerprint density at radius 3 is 2.52 bits per heavy atom. The second-order valence-electron chi connectivity index (χ2n) is 5.42. The maximum atomic E-state index is 12.9. The number of imidazole rings is 1. The number of ketones is 1. The molecule has 23 heavy (non-hydrogen) atoms. The number of halogens is 1. The highest BCUT2D eigenvalue weighted by molar-refractivity contribution is 5.87. The van der Waals surface area contributed by atoms with E-state index in [0.717, 1.165) is 5.69 Å². The van der Waals surface area contributed by atoms with Crippen LogP contribution in [0.5, 0.6) is 0 Å². The Morgan fingerprint density at radius 1 is 1.26 bits per heavy atom. The van der Waals surface area contributed by atoms with Gasteiger partial charge in [-0.05, 0) is 24.1 Å². The van der Waals surface area contributed by atoms with E-state index in [0.29, 0.717) is 5.56 Å². The van der Waals surface area contributed by atoms with Gasteiger partial charge in [-0.15, -0.1) is 0 Å². The number of aromatic amines is 1. The molecule has 1 unspecified atom stereocenters. The Labute approximate surface area is 132 Å². The molecule has 1 aromatic carbocycles. The van der Waals surface area contributed by atoms with Gasteiger partial charge in [-0.3, -0.25) is 9.59 Å². The summed E-state index contributed by atoms with van der Waals surface area (Å²) in [6.45, 7) is 0. The Kier molecular flexibility index (Phi) is 5.59. The predicted molar refractivity (Wildman–Crippen MR) is 81.1 cm³/mol. The summed E-state index contributed by atoms with van der Waals surface area (Å²) >= 11 is 0. The van der Waals surface area contributed by atoms with Crippen molar-refractivity contribution < 1.29 is 19.1 Å². The number of hydrogen-bond acceptors (Lipinski definition) is 4. The number of carboxylic acid groups (broad SMARTS) is 1. The summed E-state index contributed by atoms with van der Waals surface area (Å²) in [5.74, 6) is -2.68. The van der Waals surface area contributed by atoms with Gasteiger partial charge in [-0.25, -0.2) is 9.37 Å². The quantitative estimate of drug-likeness (QED) is 0.680. The molecule has 2 aromatic rings. The van der Waals surface area contributed by atoms with Crippen LogP contribution in [0.3, 0.4) is 0 Å².